The number of ether oxygens (including phenoxy) is 1. The highest BCUT2D eigenvalue weighted by Crippen LogP contribution is 2.35. The summed E-state index contributed by atoms with van der Waals surface area (Å²) in [5.74, 6) is 1.47. The number of nitriles is 1. The lowest BCUT2D eigenvalue weighted by Gasteiger charge is -2.22. The Hall–Kier alpha value is -4.11. The topological polar surface area (TPSA) is 158 Å². The van der Waals surface area contributed by atoms with Crippen LogP contribution in [0.5, 0.6) is 5.75 Å². The van der Waals surface area contributed by atoms with E-state index in [9.17, 15) is 10.4 Å². The fourth-order valence-corrected chi connectivity index (χ4v) is 4.39. The standard InChI is InChI=1S/C26H28ClN9O2/c1-15-23(24(31-3)16(7-28)8-29)34-25(35-26(15)36-11-17-9-32-14-33-22(17)12-36)20-6-19(4-5-21(20)27)38-13-18(37)10-30-2/h4-7,9,14,18,30,37H,10-13,28H2,1-3H3/t18-/m1/s1. The summed E-state index contributed by atoms with van der Waals surface area (Å²) in [4.78, 5) is 24.6. The summed E-state index contributed by atoms with van der Waals surface area (Å²) in [5, 5.41) is 23.0. The third-order valence-corrected chi connectivity index (χ3v) is 6.38. The molecular weight excluding hydrogens is 506 g/mol. The van der Waals surface area contributed by atoms with Gasteiger partial charge in [0.15, 0.2) is 5.82 Å². The minimum atomic E-state index is -0.677. The normalized spacial score (nSPS) is 14.3. The maximum atomic E-state index is 10.0. The molecule has 0 radical (unpaired) electrons. The van der Waals surface area contributed by atoms with Crippen LogP contribution in [-0.2, 0) is 13.1 Å². The Morgan fingerprint density at radius 2 is 2.21 bits per heavy atom. The lowest BCUT2D eigenvalue weighted by atomic mass is 10.0. The highest BCUT2D eigenvalue weighted by molar-refractivity contribution is 6.33. The van der Waals surface area contributed by atoms with Gasteiger partial charge in [-0.25, -0.2) is 19.9 Å². The van der Waals surface area contributed by atoms with E-state index < -0.39 is 6.10 Å². The van der Waals surface area contributed by atoms with Gasteiger partial charge in [0, 0.05) is 49.2 Å². The molecule has 4 rings (SSSR count). The first-order valence-electron chi connectivity index (χ1n) is 11.9. The molecule has 2 aromatic heterocycles. The Kier molecular flexibility index (Phi) is 8.48. The molecule has 196 valence electrons. The minimum Gasteiger partial charge on any atom is -0.491 e. The van der Waals surface area contributed by atoms with Crippen molar-refractivity contribution in [2.24, 2.45) is 10.7 Å². The fourth-order valence-electron chi connectivity index (χ4n) is 4.19. The third kappa shape index (κ3) is 5.57. The highest BCUT2D eigenvalue weighted by atomic mass is 35.5. The molecule has 0 aliphatic carbocycles. The van der Waals surface area contributed by atoms with Crippen molar-refractivity contribution in [3.63, 3.8) is 0 Å². The van der Waals surface area contributed by atoms with Crippen LogP contribution in [0.2, 0.25) is 5.02 Å². The van der Waals surface area contributed by atoms with Crippen molar-refractivity contribution in [1.29, 1.82) is 5.26 Å². The van der Waals surface area contributed by atoms with Crippen LogP contribution in [0.15, 0.2) is 47.5 Å². The number of halogens is 1. The molecule has 11 nitrogen and oxygen atoms in total. The molecule has 0 bridgehead atoms. The molecule has 12 heteroatoms. The number of nitrogens with one attached hydrogen (secondary N) is 1. The maximum absolute atomic E-state index is 10.0. The second-order valence-electron chi connectivity index (χ2n) is 8.62. The molecule has 38 heavy (non-hydrogen) atoms. The highest BCUT2D eigenvalue weighted by Gasteiger charge is 2.27. The Morgan fingerprint density at radius 1 is 1.39 bits per heavy atom. The molecular formula is C26H28ClN9O2. The number of anilines is 1. The Labute approximate surface area is 225 Å². The Bertz CT molecular complexity index is 1410. The summed E-state index contributed by atoms with van der Waals surface area (Å²) in [6, 6.07) is 7.22. The minimum absolute atomic E-state index is 0.0969. The average molecular weight is 534 g/mol. The van der Waals surface area contributed by atoms with E-state index in [1.165, 1.54) is 12.5 Å². The first-order valence-corrected chi connectivity index (χ1v) is 12.2. The van der Waals surface area contributed by atoms with E-state index in [1.54, 1.807) is 38.5 Å². The molecule has 1 aromatic carbocycles. The van der Waals surface area contributed by atoms with E-state index in [0.717, 1.165) is 16.8 Å². The predicted molar refractivity (Wildman–Crippen MR) is 145 cm³/mol. The first kappa shape index (κ1) is 26.9. The van der Waals surface area contributed by atoms with Gasteiger partial charge in [0.2, 0.25) is 0 Å². The van der Waals surface area contributed by atoms with Crippen molar-refractivity contribution in [2.75, 3.05) is 32.1 Å². The van der Waals surface area contributed by atoms with Gasteiger partial charge in [-0.3, -0.25) is 4.99 Å². The van der Waals surface area contributed by atoms with Gasteiger partial charge in [0.05, 0.1) is 28.5 Å². The van der Waals surface area contributed by atoms with E-state index in [2.05, 4.69) is 31.2 Å². The smallest absolute Gasteiger partial charge is 0.163 e. The van der Waals surface area contributed by atoms with Crippen molar-refractivity contribution in [3.8, 4) is 23.2 Å². The summed E-state index contributed by atoms with van der Waals surface area (Å²) in [6.07, 6.45) is 3.86. The van der Waals surface area contributed by atoms with Gasteiger partial charge in [-0.15, -0.1) is 0 Å². The monoisotopic (exact) mass is 533 g/mol. The summed E-state index contributed by atoms with van der Waals surface area (Å²) >= 11 is 6.61. The second-order valence-corrected chi connectivity index (χ2v) is 9.03. The van der Waals surface area contributed by atoms with Gasteiger partial charge in [0.25, 0.3) is 0 Å². The summed E-state index contributed by atoms with van der Waals surface area (Å²) in [6.45, 7) is 3.46. The number of hydrogen-bond acceptors (Lipinski definition) is 11. The van der Waals surface area contributed by atoms with Gasteiger partial charge >= 0.3 is 0 Å². The molecule has 3 heterocycles. The number of benzene rings is 1. The average Bonchev–Trinajstić information content (AvgIpc) is 3.36. The summed E-state index contributed by atoms with van der Waals surface area (Å²) in [7, 11) is 3.33. The Balaban J connectivity index is 1.83. The van der Waals surface area contributed by atoms with Crippen LogP contribution in [-0.4, -0.2) is 64.1 Å². The van der Waals surface area contributed by atoms with Crippen LogP contribution < -0.4 is 20.7 Å². The fraction of sp³-hybridized carbons (Fsp3) is 0.308. The zero-order valence-electron chi connectivity index (χ0n) is 21.3. The summed E-state index contributed by atoms with van der Waals surface area (Å²) < 4.78 is 5.78. The largest absolute Gasteiger partial charge is 0.491 e. The van der Waals surface area contributed by atoms with Crippen LogP contribution >= 0.6 is 11.6 Å². The van der Waals surface area contributed by atoms with E-state index in [1.807, 2.05) is 6.92 Å². The van der Waals surface area contributed by atoms with E-state index in [-0.39, 0.29) is 12.2 Å². The maximum Gasteiger partial charge on any atom is 0.163 e. The number of aliphatic hydroxyl groups excluding tert-OH is 1. The van der Waals surface area contributed by atoms with Crippen molar-refractivity contribution in [3.05, 3.63) is 70.0 Å². The number of rotatable bonds is 9. The predicted octanol–water partition coefficient (Wildman–Crippen LogP) is 2.16. The summed E-state index contributed by atoms with van der Waals surface area (Å²) in [5.41, 5.74) is 9.89. The zero-order chi connectivity index (χ0) is 27.2. The molecule has 0 saturated heterocycles. The van der Waals surface area contributed by atoms with E-state index in [4.69, 9.17) is 32.0 Å². The van der Waals surface area contributed by atoms with Gasteiger partial charge in [-0.05, 0) is 32.2 Å². The van der Waals surface area contributed by atoms with Crippen LogP contribution in [0.3, 0.4) is 0 Å². The Morgan fingerprint density at radius 3 is 2.89 bits per heavy atom. The number of likely N-dealkylation sites (N-methyl/N-ethyl adjacent to an activating group) is 1. The van der Waals surface area contributed by atoms with Crippen LogP contribution in [0.25, 0.3) is 11.4 Å². The number of nitrogens with two attached hydrogens (primary N) is 1. The van der Waals surface area contributed by atoms with Gasteiger partial charge < -0.3 is 25.8 Å². The van der Waals surface area contributed by atoms with Crippen LogP contribution in [0.1, 0.15) is 22.5 Å². The number of aliphatic hydroxyl groups is 1. The van der Waals surface area contributed by atoms with Gasteiger partial charge in [0.1, 0.15) is 42.4 Å². The zero-order valence-corrected chi connectivity index (χ0v) is 22.1. The van der Waals surface area contributed by atoms with Crippen LogP contribution in [0.4, 0.5) is 5.82 Å². The van der Waals surface area contributed by atoms with Crippen molar-refractivity contribution < 1.29 is 9.84 Å². The molecule has 1 aliphatic heterocycles. The number of aliphatic imine (C=N–C) groups is 1. The SMILES string of the molecule is CN=C(C(C#N)=CN)c1nc(-c2cc(OC[C@H](O)CNC)ccc2Cl)nc(N2Cc3cncnc3C2)c1C. The molecule has 1 aliphatic rings. The van der Waals surface area contributed by atoms with Crippen molar-refractivity contribution in [1.82, 2.24) is 25.3 Å². The molecule has 0 fully saturated rings. The quantitative estimate of drug-likeness (QED) is 0.275. The van der Waals surface area contributed by atoms with E-state index in [0.29, 0.717) is 59.0 Å². The molecule has 3 aromatic rings. The number of fused-ring (bicyclic) bond motifs is 1. The number of nitrogens with zero attached hydrogens (tertiary/aromatic N) is 7. The molecule has 1 atom stereocenters. The van der Waals surface area contributed by atoms with Crippen molar-refractivity contribution in [2.45, 2.75) is 26.1 Å². The van der Waals surface area contributed by atoms with Gasteiger partial charge in [-0.2, -0.15) is 5.26 Å². The van der Waals surface area contributed by atoms with Crippen LogP contribution in [0, 0.1) is 18.3 Å². The third-order valence-electron chi connectivity index (χ3n) is 6.05. The molecule has 0 spiro atoms. The van der Waals surface area contributed by atoms with Gasteiger partial charge in [-0.1, -0.05) is 11.6 Å². The number of allylic oxidation sites excluding steroid dienone is 1. The number of aromatic nitrogens is 4. The van der Waals surface area contributed by atoms with Crippen molar-refractivity contribution >= 4 is 23.1 Å². The molecule has 4 N–H and O–H groups in total. The molecule has 0 unspecified atom stereocenters. The molecule has 0 saturated carbocycles. The molecule has 0 amide bonds. The second kappa shape index (κ2) is 12.0. The first-order chi connectivity index (χ1) is 18.4. The lowest BCUT2D eigenvalue weighted by molar-refractivity contribution is 0.108. The lowest BCUT2D eigenvalue weighted by Crippen LogP contribution is -2.29. The van der Waals surface area contributed by atoms with E-state index >= 15 is 0 Å². The number of hydrogen-bond donors (Lipinski definition) is 3.